The van der Waals surface area contributed by atoms with Crippen LogP contribution in [-0.2, 0) is 14.3 Å². The SMILES string of the molecule is CCOc1cc([C@@H]2NC(=O)NC(C)=C2C(=O)OC)ccc1OC[C@@H](O)N/N=C\c1cc(Br)c(OCC(=O)O)c(OCC)c1. The van der Waals surface area contributed by atoms with Crippen molar-refractivity contribution >= 4 is 40.1 Å². The average Bonchev–Trinajstić information content (AvgIpc) is 2.95. The summed E-state index contributed by atoms with van der Waals surface area (Å²) in [4.78, 5) is 35.4. The van der Waals surface area contributed by atoms with Crippen LogP contribution in [0.5, 0.6) is 23.0 Å². The van der Waals surface area contributed by atoms with E-state index in [-0.39, 0.29) is 17.9 Å². The summed E-state index contributed by atoms with van der Waals surface area (Å²) in [6.45, 7) is 5.07. The van der Waals surface area contributed by atoms with Crippen LogP contribution in [0.2, 0.25) is 0 Å². The maximum absolute atomic E-state index is 12.4. The monoisotopic (exact) mass is 664 g/mol. The van der Waals surface area contributed by atoms with Crippen LogP contribution in [0.1, 0.15) is 37.9 Å². The van der Waals surface area contributed by atoms with Crippen LogP contribution in [0.25, 0.3) is 0 Å². The molecule has 1 aliphatic heterocycles. The fraction of sp³-hybridized carbons (Fsp3) is 0.357. The molecule has 0 spiro atoms. The number of halogens is 1. The number of carboxylic acid groups (broad SMARTS) is 1. The first-order valence-electron chi connectivity index (χ1n) is 13.1. The van der Waals surface area contributed by atoms with E-state index in [0.29, 0.717) is 51.8 Å². The van der Waals surface area contributed by atoms with E-state index in [0.717, 1.165) is 0 Å². The molecule has 14 nitrogen and oxygen atoms in total. The highest BCUT2D eigenvalue weighted by Gasteiger charge is 2.32. The van der Waals surface area contributed by atoms with Crippen molar-refractivity contribution in [1.29, 1.82) is 0 Å². The lowest BCUT2D eigenvalue weighted by Gasteiger charge is -2.28. The van der Waals surface area contributed by atoms with Gasteiger partial charge in [-0.1, -0.05) is 6.07 Å². The van der Waals surface area contributed by atoms with E-state index in [4.69, 9.17) is 28.8 Å². The van der Waals surface area contributed by atoms with E-state index < -0.39 is 36.8 Å². The second-order valence-corrected chi connectivity index (χ2v) is 9.71. The number of carbonyl (C=O) groups is 3. The van der Waals surface area contributed by atoms with Crippen molar-refractivity contribution in [2.24, 2.45) is 5.10 Å². The van der Waals surface area contributed by atoms with E-state index in [1.807, 2.05) is 0 Å². The Morgan fingerprint density at radius 1 is 1.09 bits per heavy atom. The second kappa shape index (κ2) is 15.7. The van der Waals surface area contributed by atoms with Crippen molar-refractivity contribution < 1.29 is 48.3 Å². The van der Waals surface area contributed by atoms with Gasteiger partial charge in [-0.05, 0) is 72.1 Å². The maximum atomic E-state index is 12.4. The van der Waals surface area contributed by atoms with Gasteiger partial charge in [0.2, 0.25) is 0 Å². The molecule has 0 radical (unpaired) electrons. The van der Waals surface area contributed by atoms with Crippen LogP contribution in [0, 0.1) is 0 Å². The highest BCUT2D eigenvalue weighted by atomic mass is 79.9. The summed E-state index contributed by atoms with van der Waals surface area (Å²) in [6, 6.07) is 6.93. The minimum atomic E-state index is -1.21. The zero-order chi connectivity index (χ0) is 31.5. The molecule has 2 atom stereocenters. The van der Waals surface area contributed by atoms with Crippen LogP contribution in [0.4, 0.5) is 4.79 Å². The minimum Gasteiger partial charge on any atom is -0.490 e. The van der Waals surface area contributed by atoms with Gasteiger partial charge in [-0.3, -0.25) is 5.43 Å². The normalized spacial score (nSPS) is 15.3. The standard InChI is InChI=1S/C28H33BrN4O10/c1-5-40-20-11-17(25-24(27(37)39-4)15(3)31-28(38)32-25)7-8-19(20)42-13-22(34)33-30-12-16-9-18(29)26(43-14-23(35)36)21(10-16)41-6-2/h7-12,22,25,33-34H,5-6,13-14H2,1-4H3,(H,35,36)(H2,31,32,38)/b30-12-/t22-,25+/m1/s1. The number of urea groups is 1. The first-order valence-corrected chi connectivity index (χ1v) is 13.9. The van der Waals surface area contributed by atoms with Gasteiger partial charge in [0.1, 0.15) is 6.61 Å². The number of aliphatic hydroxyl groups is 1. The van der Waals surface area contributed by atoms with Crippen LogP contribution in [0.3, 0.4) is 0 Å². The summed E-state index contributed by atoms with van der Waals surface area (Å²) in [6.07, 6.45) is 0.221. The molecule has 5 N–H and O–H groups in total. The minimum absolute atomic E-state index is 0.205. The number of hydrogen-bond donors (Lipinski definition) is 5. The smallest absolute Gasteiger partial charge is 0.341 e. The molecule has 15 heteroatoms. The van der Waals surface area contributed by atoms with Gasteiger partial charge in [0.15, 0.2) is 35.8 Å². The molecule has 3 rings (SSSR count). The molecule has 0 bridgehead atoms. The lowest BCUT2D eigenvalue weighted by Crippen LogP contribution is -2.45. The third-order valence-corrected chi connectivity index (χ3v) is 6.37. The summed E-state index contributed by atoms with van der Waals surface area (Å²) < 4.78 is 27.7. The summed E-state index contributed by atoms with van der Waals surface area (Å²) in [5, 5.41) is 28.6. The number of benzene rings is 2. The quantitative estimate of drug-likeness (QED) is 0.0815. The van der Waals surface area contributed by atoms with Crippen molar-refractivity contribution in [3.8, 4) is 23.0 Å². The Morgan fingerprint density at radius 3 is 2.49 bits per heavy atom. The van der Waals surface area contributed by atoms with Crippen LogP contribution < -0.4 is 35.0 Å². The van der Waals surface area contributed by atoms with Gasteiger partial charge in [0.25, 0.3) is 0 Å². The number of carbonyl (C=O) groups excluding carboxylic acids is 2. The molecule has 0 fully saturated rings. The van der Waals surface area contributed by atoms with Crippen LogP contribution >= 0.6 is 15.9 Å². The Balaban J connectivity index is 1.69. The van der Waals surface area contributed by atoms with Gasteiger partial charge in [0.05, 0.1) is 42.6 Å². The van der Waals surface area contributed by atoms with Crippen molar-refractivity contribution in [3.05, 3.63) is 57.2 Å². The molecular formula is C28H33BrN4O10. The van der Waals surface area contributed by atoms with Crippen molar-refractivity contribution in [2.75, 3.05) is 33.5 Å². The highest BCUT2D eigenvalue weighted by molar-refractivity contribution is 9.10. The molecule has 0 aliphatic carbocycles. The molecular weight excluding hydrogens is 632 g/mol. The second-order valence-electron chi connectivity index (χ2n) is 8.86. The number of hydrogen-bond acceptors (Lipinski definition) is 11. The van der Waals surface area contributed by atoms with E-state index in [2.05, 4.69) is 37.1 Å². The Hall–Kier alpha value is -4.50. The number of aliphatic hydroxyl groups excluding tert-OH is 1. The van der Waals surface area contributed by atoms with Gasteiger partial charge >= 0.3 is 18.0 Å². The van der Waals surface area contributed by atoms with Crippen LogP contribution in [0.15, 0.2) is 51.2 Å². The molecule has 1 aliphatic rings. The lowest BCUT2D eigenvalue weighted by molar-refractivity contribution is -0.139. The molecule has 0 unspecified atom stereocenters. The Morgan fingerprint density at radius 2 is 1.81 bits per heavy atom. The predicted molar refractivity (Wildman–Crippen MR) is 157 cm³/mol. The van der Waals surface area contributed by atoms with Crippen molar-refractivity contribution in [2.45, 2.75) is 33.0 Å². The van der Waals surface area contributed by atoms with E-state index in [9.17, 15) is 19.5 Å². The molecule has 232 valence electrons. The van der Waals surface area contributed by atoms with E-state index in [1.54, 1.807) is 51.1 Å². The zero-order valence-electron chi connectivity index (χ0n) is 23.9. The zero-order valence-corrected chi connectivity index (χ0v) is 25.5. The molecule has 43 heavy (non-hydrogen) atoms. The molecule has 2 amide bonds. The first-order chi connectivity index (χ1) is 20.6. The summed E-state index contributed by atoms with van der Waals surface area (Å²) in [5.41, 5.74) is 4.32. The Labute approximate surface area is 256 Å². The van der Waals surface area contributed by atoms with Crippen LogP contribution in [-0.4, -0.2) is 74.2 Å². The number of methoxy groups -OCH3 is 1. The number of nitrogens with one attached hydrogen (secondary N) is 3. The fourth-order valence-electron chi connectivity index (χ4n) is 4.02. The Kier molecular flexibility index (Phi) is 12.0. The summed E-state index contributed by atoms with van der Waals surface area (Å²) >= 11 is 3.35. The predicted octanol–water partition coefficient (Wildman–Crippen LogP) is 2.83. The number of rotatable bonds is 15. The number of esters is 1. The van der Waals surface area contributed by atoms with Gasteiger partial charge < -0.3 is 44.5 Å². The lowest BCUT2D eigenvalue weighted by atomic mass is 9.95. The number of amides is 2. The first kappa shape index (κ1) is 33.0. The molecule has 0 aromatic heterocycles. The number of aliphatic carboxylic acids is 1. The van der Waals surface area contributed by atoms with Crippen molar-refractivity contribution in [1.82, 2.24) is 16.1 Å². The fourth-order valence-corrected chi connectivity index (χ4v) is 4.59. The number of carboxylic acids is 1. The number of allylic oxidation sites excluding steroid dienone is 1. The van der Waals surface area contributed by atoms with Gasteiger partial charge in [-0.15, -0.1) is 0 Å². The molecule has 0 saturated heterocycles. The summed E-state index contributed by atoms with van der Waals surface area (Å²) in [5.74, 6) is -0.494. The number of ether oxygens (including phenoxy) is 5. The van der Waals surface area contributed by atoms with Gasteiger partial charge in [-0.2, -0.15) is 5.10 Å². The molecule has 1 heterocycles. The highest BCUT2D eigenvalue weighted by Crippen LogP contribution is 2.37. The van der Waals surface area contributed by atoms with Gasteiger partial charge in [0, 0.05) is 5.70 Å². The topological polar surface area (TPSA) is 186 Å². The number of nitrogens with zero attached hydrogens (tertiary/aromatic N) is 1. The molecule has 2 aromatic rings. The average molecular weight is 665 g/mol. The van der Waals surface area contributed by atoms with Gasteiger partial charge in [-0.25, -0.2) is 14.4 Å². The van der Waals surface area contributed by atoms with E-state index >= 15 is 0 Å². The largest absolute Gasteiger partial charge is 0.490 e. The third kappa shape index (κ3) is 8.99. The Bertz CT molecular complexity index is 1400. The molecule has 0 saturated carbocycles. The van der Waals surface area contributed by atoms with Crippen molar-refractivity contribution in [3.63, 3.8) is 0 Å². The number of hydrazone groups is 1. The maximum Gasteiger partial charge on any atom is 0.341 e. The summed E-state index contributed by atoms with van der Waals surface area (Å²) in [7, 11) is 1.26. The molecule has 2 aromatic carbocycles. The van der Waals surface area contributed by atoms with E-state index in [1.165, 1.54) is 13.3 Å². The third-order valence-electron chi connectivity index (χ3n) is 5.78.